The summed E-state index contributed by atoms with van der Waals surface area (Å²) in [5.41, 5.74) is 2.10. The molecule has 4 heterocycles. The van der Waals surface area contributed by atoms with Crippen molar-refractivity contribution < 1.29 is 9.53 Å². The lowest BCUT2D eigenvalue weighted by molar-refractivity contribution is 0.0383. The lowest BCUT2D eigenvalue weighted by Crippen LogP contribution is -2.41. The van der Waals surface area contributed by atoms with Crippen molar-refractivity contribution >= 4 is 33.1 Å². The van der Waals surface area contributed by atoms with E-state index in [0.29, 0.717) is 12.5 Å². The molecule has 28 heavy (non-hydrogen) atoms. The number of amides is 1. The highest BCUT2D eigenvalue weighted by Gasteiger charge is 2.26. The number of nitrogens with zero attached hydrogens (tertiary/aromatic N) is 5. The first kappa shape index (κ1) is 18.0. The average Bonchev–Trinajstić information content (AvgIpc) is 3.30. The van der Waals surface area contributed by atoms with Crippen molar-refractivity contribution in [2.24, 2.45) is 0 Å². The highest BCUT2D eigenvalue weighted by atomic mass is 32.1. The first-order valence-corrected chi connectivity index (χ1v) is 10.8. The molecule has 1 fully saturated rings. The third kappa shape index (κ3) is 3.17. The molecule has 1 unspecified atom stereocenters. The zero-order valence-electron chi connectivity index (χ0n) is 16.0. The second-order valence-corrected chi connectivity index (χ2v) is 8.65. The maximum atomic E-state index is 12.6. The Morgan fingerprint density at radius 2 is 2.25 bits per heavy atom. The van der Waals surface area contributed by atoms with Crippen LogP contribution in [0.15, 0.2) is 6.33 Å². The Balaban J connectivity index is 1.39. The number of carbonyl (C=O) groups excluding carboxylic acids is 1. The molecule has 1 aliphatic heterocycles. The number of hydrogen-bond acceptors (Lipinski definition) is 7. The molecule has 8 nitrogen and oxygen atoms in total. The molecule has 1 aliphatic carbocycles. The molecule has 2 aliphatic rings. The molecule has 0 bridgehead atoms. The molecular weight excluding hydrogens is 376 g/mol. The van der Waals surface area contributed by atoms with Crippen LogP contribution in [-0.2, 0) is 11.2 Å². The fourth-order valence-corrected chi connectivity index (χ4v) is 5.51. The molecule has 1 N–H and O–H groups in total. The van der Waals surface area contributed by atoms with Crippen LogP contribution in [0.1, 0.15) is 46.7 Å². The van der Waals surface area contributed by atoms with Gasteiger partial charge in [-0.25, -0.2) is 14.5 Å². The first-order valence-electron chi connectivity index (χ1n) is 9.95. The Kier molecular flexibility index (Phi) is 4.73. The van der Waals surface area contributed by atoms with Crippen molar-refractivity contribution in [1.82, 2.24) is 29.8 Å². The van der Waals surface area contributed by atoms with Gasteiger partial charge in [-0.2, -0.15) is 0 Å². The lowest BCUT2D eigenvalue weighted by Gasteiger charge is -2.26. The van der Waals surface area contributed by atoms with E-state index in [-0.39, 0.29) is 11.7 Å². The average molecular weight is 401 g/mol. The normalized spacial score (nSPS) is 20.5. The minimum absolute atomic E-state index is 0.208. The Bertz CT molecular complexity index is 1020. The predicted molar refractivity (Wildman–Crippen MR) is 107 cm³/mol. The van der Waals surface area contributed by atoms with E-state index < -0.39 is 0 Å². The van der Waals surface area contributed by atoms with Gasteiger partial charge in [0.2, 0.25) is 5.82 Å². The van der Waals surface area contributed by atoms with Crippen LogP contribution in [0.3, 0.4) is 0 Å². The quantitative estimate of drug-likeness (QED) is 0.719. The molecule has 1 saturated heterocycles. The molecule has 148 valence electrons. The Hall–Kier alpha value is -2.10. The molecule has 9 heteroatoms. The SMILES string of the molecule is CC1CCCc2sc3ncn4nc(C(=O)NCCN5CCOCC5)nc4c3c21. The number of carbonyl (C=O) groups is 1. The smallest absolute Gasteiger partial charge is 0.291 e. The highest BCUT2D eigenvalue weighted by molar-refractivity contribution is 7.19. The fourth-order valence-electron chi connectivity index (χ4n) is 4.21. The van der Waals surface area contributed by atoms with Crippen molar-refractivity contribution in [3.8, 4) is 0 Å². The maximum Gasteiger partial charge on any atom is 0.291 e. The number of nitrogens with one attached hydrogen (secondary N) is 1. The second kappa shape index (κ2) is 7.38. The Morgan fingerprint density at radius 3 is 3.11 bits per heavy atom. The van der Waals surface area contributed by atoms with E-state index in [4.69, 9.17) is 4.74 Å². The van der Waals surface area contributed by atoms with Crippen molar-refractivity contribution in [2.75, 3.05) is 39.4 Å². The van der Waals surface area contributed by atoms with E-state index in [9.17, 15) is 4.79 Å². The van der Waals surface area contributed by atoms with Crippen LogP contribution in [0, 0.1) is 0 Å². The van der Waals surface area contributed by atoms with E-state index in [0.717, 1.165) is 55.1 Å². The molecule has 0 saturated carbocycles. The minimum atomic E-state index is -0.234. The van der Waals surface area contributed by atoms with Gasteiger partial charge in [0.25, 0.3) is 5.91 Å². The number of morpholine rings is 1. The number of aromatic nitrogens is 4. The standard InChI is InChI=1S/C19H24N6O2S/c1-12-3-2-4-13-14(12)15-17-22-16(23-25(17)11-21-19(15)28-13)18(26)20-5-6-24-7-9-27-10-8-24/h11-12H,2-10H2,1H3,(H,20,26). The van der Waals surface area contributed by atoms with E-state index in [1.807, 2.05) is 0 Å². The van der Waals surface area contributed by atoms with Gasteiger partial charge >= 0.3 is 0 Å². The third-order valence-electron chi connectivity index (χ3n) is 5.70. The van der Waals surface area contributed by atoms with Gasteiger partial charge in [-0.15, -0.1) is 16.4 Å². The van der Waals surface area contributed by atoms with Gasteiger partial charge in [-0.05, 0) is 30.7 Å². The van der Waals surface area contributed by atoms with Crippen LogP contribution < -0.4 is 5.32 Å². The van der Waals surface area contributed by atoms with Crippen molar-refractivity contribution in [1.29, 1.82) is 0 Å². The van der Waals surface area contributed by atoms with Crippen molar-refractivity contribution in [3.05, 3.63) is 22.6 Å². The minimum Gasteiger partial charge on any atom is -0.379 e. The van der Waals surface area contributed by atoms with Gasteiger partial charge in [0.05, 0.1) is 18.6 Å². The maximum absolute atomic E-state index is 12.6. The van der Waals surface area contributed by atoms with Crippen LogP contribution in [0.25, 0.3) is 15.9 Å². The topological polar surface area (TPSA) is 84.7 Å². The van der Waals surface area contributed by atoms with Gasteiger partial charge in [0.1, 0.15) is 11.2 Å². The van der Waals surface area contributed by atoms with Crippen molar-refractivity contribution in [3.63, 3.8) is 0 Å². The highest BCUT2D eigenvalue weighted by Crippen LogP contribution is 2.42. The number of hydrogen-bond donors (Lipinski definition) is 1. The third-order valence-corrected chi connectivity index (χ3v) is 6.87. The summed E-state index contributed by atoms with van der Waals surface area (Å²) in [6.45, 7) is 6.99. The number of fused-ring (bicyclic) bond motifs is 5. The summed E-state index contributed by atoms with van der Waals surface area (Å²) in [6.07, 6.45) is 5.18. The molecule has 0 aromatic carbocycles. The molecule has 3 aromatic rings. The van der Waals surface area contributed by atoms with Crippen LogP contribution in [0.2, 0.25) is 0 Å². The molecule has 1 amide bonds. The zero-order chi connectivity index (χ0) is 19.1. The summed E-state index contributed by atoms with van der Waals surface area (Å²) in [7, 11) is 0. The molecule has 1 atom stereocenters. The summed E-state index contributed by atoms with van der Waals surface area (Å²) in [4.78, 5) is 26.4. The van der Waals surface area contributed by atoms with Gasteiger partial charge in [-0.3, -0.25) is 9.69 Å². The number of aryl methyl sites for hydroxylation is 1. The van der Waals surface area contributed by atoms with Crippen LogP contribution in [0.4, 0.5) is 0 Å². The van der Waals surface area contributed by atoms with E-state index >= 15 is 0 Å². The van der Waals surface area contributed by atoms with Crippen LogP contribution >= 0.6 is 11.3 Å². The molecule has 3 aromatic heterocycles. The summed E-state index contributed by atoms with van der Waals surface area (Å²) >= 11 is 1.76. The summed E-state index contributed by atoms with van der Waals surface area (Å²) in [6, 6.07) is 0. The zero-order valence-corrected chi connectivity index (χ0v) is 16.8. The first-order chi connectivity index (χ1) is 13.7. The number of rotatable bonds is 4. The van der Waals surface area contributed by atoms with E-state index in [2.05, 4.69) is 32.2 Å². The molecule has 0 spiro atoms. The summed E-state index contributed by atoms with van der Waals surface area (Å²) in [5, 5.41) is 8.40. The van der Waals surface area contributed by atoms with Gasteiger partial charge < -0.3 is 10.1 Å². The Morgan fingerprint density at radius 1 is 1.39 bits per heavy atom. The monoisotopic (exact) mass is 400 g/mol. The summed E-state index contributed by atoms with van der Waals surface area (Å²) < 4.78 is 7.00. The fraction of sp³-hybridized carbons (Fsp3) is 0.579. The van der Waals surface area contributed by atoms with Gasteiger partial charge in [0.15, 0.2) is 5.65 Å². The molecule has 0 radical (unpaired) electrons. The van der Waals surface area contributed by atoms with E-state index in [1.165, 1.54) is 23.3 Å². The molecular formula is C19H24N6O2S. The van der Waals surface area contributed by atoms with E-state index in [1.54, 1.807) is 22.2 Å². The predicted octanol–water partition coefficient (Wildman–Crippen LogP) is 1.84. The number of ether oxygens (including phenoxy) is 1. The number of thiophene rings is 1. The lowest BCUT2D eigenvalue weighted by atomic mass is 9.87. The second-order valence-electron chi connectivity index (χ2n) is 7.57. The summed E-state index contributed by atoms with van der Waals surface area (Å²) in [5.74, 6) is 0.468. The largest absolute Gasteiger partial charge is 0.379 e. The Labute approximate surface area is 166 Å². The van der Waals surface area contributed by atoms with Crippen molar-refractivity contribution in [2.45, 2.75) is 32.1 Å². The van der Waals surface area contributed by atoms with Crippen LogP contribution in [-0.4, -0.2) is 69.8 Å². The molecule has 5 rings (SSSR count). The van der Waals surface area contributed by atoms with Gasteiger partial charge in [0, 0.05) is 31.1 Å². The van der Waals surface area contributed by atoms with Gasteiger partial charge in [-0.1, -0.05) is 6.92 Å². The van der Waals surface area contributed by atoms with Crippen LogP contribution in [0.5, 0.6) is 0 Å².